The summed E-state index contributed by atoms with van der Waals surface area (Å²) in [5, 5.41) is 9.63. The normalized spacial score (nSPS) is 11.6. The van der Waals surface area contributed by atoms with Crippen LogP contribution in [0.2, 0.25) is 0 Å². The Morgan fingerprint density at radius 3 is 1.75 bits per heavy atom. The lowest BCUT2D eigenvalue weighted by Crippen LogP contribution is -1.96. The van der Waals surface area contributed by atoms with Crippen molar-refractivity contribution in [3.05, 3.63) is 194 Å². The number of nitrogens with zero attached hydrogens (tertiary/aromatic N) is 2. The molecule has 0 aliphatic rings. The molecule has 0 saturated heterocycles. The molecule has 0 aliphatic carbocycles. The highest BCUT2D eigenvalue weighted by atomic mass is 16.3. The molecule has 55 heavy (non-hydrogen) atoms. The molecule has 0 spiro atoms. The summed E-state index contributed by atoms with van der Waals surface area (Å²) in [5.74, 6) is 0.676. The third-order valence-corrected chi connectivity index (χ3v) is 10.9. The summed E-state index contributed by atoms with van der Waals surface area (Å²) in [6.45, 7) is 0. The van der Waals surface area contributed by atoms with Gasteiger partial charge in [-0.2, -0.15) is 0 Å². The van der Waals surface area contributed by atoms with Crippen molar-refractivity contribution in [1.82, 2.24) is 9.97 Å². The number of para-hydroxylation sites is 1. The van der Waals surface area contributed by atoms with Gasteiger partial charge in [0.1, 0.15) is 11.2 Å². The largest absolute Gasteiger partial charge is 0.456 e. The molecule has 0 unspecified atom stereocenters. The molecule has 11 rings (SSSR count). The zero-order valence-electron chi connectivity index (χ0n) is 29.8. The highest BCUT2D eigenvalue weighted by Gasteiger charge is 2.16. The van der Waals surface area contributed by atoms with Gasteiger partial charge >= 0.3 is 0 Å². The maximum Gasteiger partial charge on any atom is 0.160 e. The molecule has 0 amide bonds. The first kappa shape index (κ1) is 31.2. The molecule has 0 saturated carbocycles. The Balaban J connectivity index is 1.08. The van der Waals surface area contributed by atoms with E-state index in [1.54, 1.807) is 0 Å². The first-order valence-corrected chi connectivity index (χ1v) is 18.6. The SMILES string of the molecule is c1ccc(-c2cccc(-c3cc(-c4ccc5oc6ccccc6c5c4)nc(-c4ccc(-c5c6ccccc6cc6c5ccc5ccccc56)cc4)n3)c2)cc1. The zero-order valence-corrected chi connectivity index (χ0v) is 29.8. The Bertz CT molecular complexity index is 3250. The molecular formula is C52H32N2O. The Morgan fingerprint density at radius 1 is 0.291 bits per heavy atom. The molecule has 2 aromatic heterocycles. The van der Waals surface area contributed by atoms with Gasteiger partial charge in [-0.15, -0.1) is 0 Å². The van der Waals surface area contributed by atoms with E-state index >= 15 is 0 Å². The fraction of sp³-hybridized carbons (Fsp3) is 0. The highest BCUT2D eigenvalue weighted by molar-refractivity contribution is 6.20. The molecule has 0 aliphatic heterocycles. The maximum atomic E-state index is 6.17. The van der Waals surface area contributed by atoms with Crippen LogP contribution in [-0.4, -0.2) is 9.97 Å². The van der Waals surface area contributed by atoms with Crippen molar-refractivity contribution in [2.45, 2.75) is 0 Å². The van der Waals surface area contributed by atoms with Gasteiger partial charge in [-0.05, 0) is 97.0 Å². The van der Waals surface area contributed by atoms with Gasteiger partial charge in [0.2, 0.25) is 0 Å². The van der Waals surface area contributed by atoms with Gasteiger partial charge in [0, 0.05) is 27.5 Å². The van der Waals surface area contributed by atoms with Gasteiger partial charge in [-0.3, -0.25) is 0 Å². The van der Waals surface area contributed by atoms with Crippen molar-refractivity contribution in [1.29, 1.82) is 0 Å². The predicted octanol–water partition coefficient (Wildman–Crippen LogP) is 14.2. The van der Waals surface area contributed by atoms with Crippen LogP contribution < -0.4 is 0 Å². The summed E-state index contributed by atoms with van der Waals surface area (Å²) in [6.07, 6.45) is 0. The molecule has 0 radical (unpaired) electrons. The number of aromatic nitrogens is 2. The van der Waals surface area contributed by atoms with Crippen LogP contribution in [-0.2, 0) is 0 Å². The topological polar surface area (TPSA) is 38.9 Å². The van der Waals surface area contributed by atoms with E-state index in [9.17, 15) is 0 Å². The minimum Gasteiger partial charge on any atom is -0.456 e. The molecule has 0 N–H and O–H groups in total. The van der Waals surface area contributed by atoms with Gasteiger partial charge in [0.15, 0.2) is 5.82 Å². The summed E-state index contributed by atoms with van der Waals surface area (Å²) in [7, 11) is 0. The number of benzene rings is 9. The van der Waals surface area contributed by atoms with E-state index in [1.165, 1.54) is 43.4 Å². The molecule has 0 bridgehead atoms. The fourth-order valence-corrected chi connectivity index (χ4v) is 8.16. The molecular weight excluding hydrogens is 669 g/mol. The summed E-state index contributed by atoms with van der Waals surface area (Å²) in [6, 6.07) is 68.7. The van der Waals surface area contributed by atoms with Crippen LogP contribution >= 0.6 is 0 Å². The van der Waals surface area contributed by atoms with E-state index < -0.39 is 0 Å². The van der Waals surface area contributed by atoms with Crippen LogP contribution in [0.1, 0.15) is 0 Å². The molecule has 11 aromatic rings. The predicted molar refractivity (Wildman–Crippen MR) is 229 cm³/mol. The second-order valence-corrected chi connectivity index (χ2v) is 14.1. The van der Waals surface area contributed by atoms with E-state index in [-0.39, 0.29) is 0 Å². The van der Waals surface area contributed by atoms with Gasteiger partial charge in [0.05, 0.1) is 11.4 Å². The molecule has 256 valence electrons. The van der Waals surface area contributed by atoms with Crippen LogP contribution in [0.3, 0.4) is 0 Å². The van der Waals surface area contributed by atoms with E-state index in [4.69, 9.17) is 14.4 Å². The third kappa shape index (κ3) is 5.36. The Morgan fingerprint density at radius 2 is 0.909 bits per heavy atom. The Labute approximate surface area is 317 Å². The lowest BCUT2D eigenvalue weighted by atomic mass is 9.89. The minimum atomic E-state index is 0.676. The average Bonchev–Trinajstić information content (AvgIpc) is 3.64. The number of hydrogen-bond donors (Lipinski definition) is 0. The first-order valence-electron chi connectivity index (χ1n) is 18.6. The first-order chi connectivity index (χ1) is 27.2. The molecule has 0 atom stereocenters. The molecule has 0 fully saturated rings. The Kier molecular flexibility index (Phi) is 7.17. The lowest BCUT2D eigenvalue weighted by molar-refractivity contribution is 0.669. The maximum absolute atomic E-state index is 6.17. The van der Waals surface area contributed by atoms with Gasteiger partial charge in [-0.1, -0.05) is 152 Å². The van der Waals surface area contributed by atoms with Crippen LogP contribution in [0.5, 0.6) is 0 Å². The van der Waals surface area contributed by atoms with Crippen LogP contribution in [0, 0.1) is 0 Å². The van der Waals surface area contributed by atoms with Gasteiger partial charge in [-0.25, -0.2) is 9.97 Å². The number of fused-ring (bicyclic) bond motifs is 7. The van der Waals surface area contributed by atoms with Crippen LogP contribution in [0.25, 0.3) is 110 Å². The van der Waals surface area contributed by atoms with Crippen molar-refractivity contribution >= 4 is 54.3 Å². The summed E-state index contributed by atoms with van der Waals surface area (Å²) < 4.78 is 6.17. The monoisotopic (exact) mass is 700 g/mol. The summed E-state index contributed by atoms with van der Waals surface area (Å²) >= 11 is 0. The van der Waals surface area contributed by atoms with E-state index in [0.29, 0.717) is 5.82 Å². The smallest absolute Gasteiger partial charge is 0.160 e. The zero-order chi connectivity index (χ0) is 36.3. The highest BCUT2D eigenvalue weighted by Crippen LogP contribution is 2.40. The lowest BCUT2D eigenvalue weighted by Gasteiger charge is -2.15. The van der Waals surface area contributed by atoms with Crippen molar-refractivity contribution in [2.24, 2.45) is 0 Å². The summed E-state index contributed by atoms with van der Waals surface area (Å²) in [4.78, 5) is 10.5. The number of rotatable bonds is 5. The van der Waals surface area contributed by atoms with Gasteiger partial charge < -0.3 is 4.42 Å². The van der Waals surface area contributed by atoms with E-state index in [1.807, 2.05) is 18.2 Å². The van der Waals surface area contributed by atoms with E-state index in [0.717, 1.165) is 61.1 Å². The molecule has 2 heterocycles. The third-order valence-electron chi connectivity index (χ3n) is 10.9. The molecule has 9 aromatic carbocycles. The number of hydrogen-bond acceptors (Lipinski definition) is 3. The van der Waals surface area contributed by atoms with Crippen LogP contribution in [0.15, 0.2) is 199 Å². The number of furan rings is 1. The molecule has 3 heteroatoms. The Hall–Kier alpha value is -7.36. The second kappa shape index (κ2) is 12.6. The van der Waals surface area contributed by atoms with Crippen LogP contribution in [0.4, 0.5) is 0 Å². The summed E-state index contributed by atoms with van der Waals surface area (Å²) in [5.41, 5.74) is 11.2. The van der Waals surface area contributed by atoms with Crippen molar-refractivity contribution in [2.75, 3.05) is 0 Å². The average molecular weight is 701 g/mol. The second-order valence-electron chi connectivity index (χ2n) is 14.1. The van der Waals surface area contributed by atoms with Gasteiger partial charge in [0.25, 0.3) is 0 Å². The minimum absolute atomic E-state index is 0.676. The quantitative estimate of drug-likeness (QED) is 0.133. The fourth-order valence-electron chi connectivity index (χ4n) is 8.16. The standard InChI is InChI=1S/C52H32N2O/c1-2-11-33(12-3-1)37-15-10-16-39(29-37)47-32-48(40-26-28-50-46(31-40)43-19-8-9-20-49(43)55-50)54-52(53-47)36-23-21-35(22-24-36)51-42-18-7-5-14-38(42)30-45-41-17-6-4-13-34(41)25-27-44(45)51/h1-32H. The van der Waals surface area contributed by atoms with E-state index in [2.05, 4.69) is 176 Å². The van der Waals surface area contributed by atoms with Crippen molar-refractivity contribution in [3.63, 3.8) is 0 Å². The molecule has 3 nitrogen and oxygen atoms in total. The van der Waals surface area contributed by atoms with Crippen molar-refractivity contribution < 1.29 is 4.42 Å². The van der Waals surface area contributed by atoms with Crippen molar-refractivity contribution in [3.8, 4) is 56.2 Å².